The van der Waals surface area contributed by atoms with Gasteiger partial charge in [0.2, 0.25) is 5.75 Å². The van der Waals surface area contributed by atoms with Crippen molar-refractivity contribution in [2.24, 2.45) is 0 Å². The third kappa shape index (κ3) is 5.33. The highest BCUT2D eigenvalue weighted by atomic mass is 16.5. The summed E-state index contributed by atoms with van der Waals surface area (Å²) in [7, 11) is 4.53. The van der Waals surface area contributed by atoms with Crippen LogP contribution in [0.3, 0.4) is 0 Å². The van der Waals surface area contributed by atoms with E-state index in [4.69, 9.17) is 14.2 Å². The number of rotatable bonds is 11. The lowest BCUT2D eigenvalue weighted by Crippen LogP contribution is -2.33. The number of Topliss-reactive ketones (excluding diaryl/α,β-unsaturated/α-hetero) is 1. The van der Waals surface area contributed by atoms with Crippen LogP contribution in [-0.4, -0.2) is 74.1 Å². The van der Waals surface area contributed by atoms with Crippen molar-refractivity contribution in [1.29, 1.82) is 0 Å². The Morgan fingerprint density at radius 1 is 0.972 bits per heavy atom. The van der Waals surface area contributed by atoms with Gasteiger partial charge < -0.3 is 29.1 Å². The number of carbonyl (C=O) groups is 2. The highest BCUT2D eigenvalue weighted by Crippen LogP contribution is 2.45. The molecule has 1 unspecified atom stereocenters. The molecule has 2 aromatic rings. The van der Waals surface area contributed by atoms with Crippen LogP contribution in [0.25, 0.3) is 5.76 Å². The van der Waals surface area contributed by atoms with E-state index in [1.807, 2.05) is 19.1 Å². The van der Waals surface area contributed by atoms with Gasteiger partial charge in [-0.2, -0.15) is 0 Å². The predicted molar refractivity (Wildman–Crippen MR) is 139 cm³/mol. The van der Waals surface area contributed by atoms with Gasteiger partial charge in [0, 0.05) is 12.1 Å². The highest BCUT2D eigenvalue weighted by molar-refractivity contribution is 6.46. The molecular weight excluding hydrogens is 460 g/mol. The number of likely N-dealkylation sites (tertiary alicyclic amines) is 1. The molecule has 8 heteroatoms. The molecule has 1 aliphatic heterocycles. The number of hydrogen-bond donors (Lipinski definition) is 1. The van der Waals surface area contributed by atoms with Gasteiger partial charge in [0.15, 0.2) is 11.5 Å². The number of amides is 1. The van der Waals surface area contributed by atoms with E-state index in [0.717, 1.165) is 25.2 Å². The first-order chi connectivity index (χ1) is 17.3. The molecule has 194 valence electrons. The van der Waals surface area contributed by atoms with Gasteiger partial charge in [0.25, 0.3) is 11.7 Å². The number of ketones is 1. The molecule has 1 saturated heterocycles. The van der Waals surface area contributed by atoms with Crippen LogP contribution in [0.4, 0.5) is 0 Å². The van der Waals surface area contributed by atoms with Crippen molar-refractivity contribution in [2.45, 2.75) is 33.2 Å². The topological polar surface area (TPSA) is 88.5 Å². The Morgan fingerprint density at radius 3 is 2.06 bits per heavy atom. The molecule has 0 aliphatic carbocycles. The molecule has 1 aliphatic rings. The Labute approximate surface area is 213 Å². The zero-order chi connectivity index (χ0) is 26.4. The Kier molecular flexibility index (Phi) is 8.98. The van der Waals surface area contributed by atoms with Crippen molar-refractivity contribution >= 4 is 17.4 Å². The monoisotopic (exact) mass is 496 g/mol. The fraction of sp³-hybridized carbons (Fsp3) is 0.429. The predicted octanol–water partition coefficient (Wildman–Crippen LogP) is 4.17. The zero-order valence-electron chi connectivity index (χ0n) is 22.0. The second-order valence-corrected chi connectivity index (χ2v) is 8.70. The van der Waals surface area contributed by atoms with E-state index in [1.54, 1.807) is 24.3 Å². The lowest BCUT2D eigenvalue weighted by atomic mass is 9.94. The average molecular weight is 497 g/mol. The minimum Gasteiger partial charge on any atom is -0.507 e. The number of aryl methyl sites for hydroxylation is 1. The lowest BCUT2D eigenvalue weighted by Gasteiger charge is -2.27. The smallest absolute Gasteiger partial charge is 0.295 e. The Morgan fingerprint density at radius 2 is 1.56 bits per heavy atom. The number of aliphatic hydroxyl groups excluding tert-OH is 1. The number of nitrogens with zero attached hydrogens (tertiary/aromatic N) is 2. The maximum Gasteiger partial charge on any atom is 0.295 e. The summed E-state index contributed by atoms with van der Waals surface area (Å²) >= 11 is 0. The van der Waals surface area contributed by atoms with Gasteiger partial charge in [-0.1, -0.05) is 43.7 Å². The SMILES string of the molecule is CCN(CC)CCCN1C(=O)C(=O)/C(=C(/O)c2ccc(C)cc2)C1c1cc(OC)c(OC)c(OC)c1. The summed E-state index contributed by atoms with van der Waals surface area (Å²) in [6.07, 6.45) is 0.681. The summed E-state index contributed by atoms with van der Waals surface area (Å²) in [4.78, 5) is 30.4. The third-order valence-corrected chi connectivity index (χ3v) is 6.64. The van der Waals surface area contributed by atoms with Crippen LogP contribution in [0, 0.1) is 6.92 Å². The summed E-state index contributed by atoms with van der Waals surface area (Å²) < 4.78 is 16.5. The number of benzene rings is 2. The van der Waals surface area contributed by atoms with Crippen LogP contribution < -0.4 is 14.2 Å². The molecule has 1 fully saturated rings. The second-order valence-electron chi connectivity index (χ2n) is 8.70. The van der Waals surface area contributed by atoms with E-state index in [1.165, 1.54) is 26.2 Å². The standard InChI is InChI=1S/C28H36N2O6/c1-7-29(8-2)14-9-15-30-24(20-16-21(34-4)27(36-6)22(17-20)35-5)23(26(32)28(30)33)25(31)19-12-10-18(3)11-13-19/h10-13,16-17,24,31H,7-9,14-15H2,1-6H3/b25-23+. The second kappa shape index (κ2) is 11.9. The van der Waals surface area contributed by atoms with Gasteiger partial charge in [-0.05, 0) is 50.7 Å². The fourth-order valence-corrected chi connectivity index (χ4v) is 4.59. The molecule has 1 heterocycles. The number of aliphatic hydroxyl groups is 1. The van der Waals surface area contributed by atoms with Crippen molar-refractivity contribution in [1.82, 2.24) is 9.80 Å². The molecule has 1 N–H and O–H groups in total. The molecule has 3 rings (SSSR count). The van der Waals surface area contributed by atoms with Gasteiger partial charge in [-0.25, -0.2) is 0 Å². The van der Waals surface area contributed by atoms with Gasteiger partial charge in [-0.3, -0.25) is 9.59 Å². The number of hydrogen-bond acceptors (Lipinski definition) is 7. The van der Waals surface area contributed by atoms with E-state index >= 15 is 0 Å². The molecule has 0 spiro atoms. The van der Waals surface area contributed by atoms with Gasteiger partial charge in [-0.15, -0.1) is 0 Å². The van der Waals surface area contributed by atoms with Crippen molar-refractivity contribution in [3.05, 3.63) is 58.7 Å². The number of carbonyl (C=O) groups excluding carboxylic acids is 2. The first kappa shape index (κ1) is 27.1. The first-order valence-electron chi connectivity index (χ1n) is 12.2. The molecule has 0 aromatic heterocycles. The lowest BCUT2D eigenvalue weighted by molar-refractivity contribution is -0.140. The summed E-state index contributed by atoms with van der Waals surface area (Å²) in [5, 5.41) is 11.3. The normalized spacial score (nSPS) is 17.1. The van der Waals surface area contributed by atoms with Crippen LogP contribution in [0.5, 0.6) is 17.2 Å². The largest absolute Gasteiger partial charge is 0.507 e. The Hall–Kier alpha value is -3.52. The van der Waals surface area contributed by atoms with Crippen molar-refractivity contribution in [3.8, 4) is 17.2 Å². The molecule has 0 saturated carbocycles. The molecular formula is C28H36N2O6. The van der Waals surface area contributed by atoms with Crippen LogP contribution >= 0.6 is 0 Å². The number of methoxy groups -OCH3 is 3. The van der Waals surface area contributed by atoms with E-state index in [9.17, 15) is 14.7 Å². The summed E-state index contributed by atoms with van der Waals surface area (Å²) in [5.41, 5.74) is 2.12. The molecule has 1 atom stereocenters. The molecule has 8 nitrogen and oxygen atoms in total. The quantitative estimate of drug-likeness (QED) is 0.284. The first-order valence-corrected chi connectivity index (χ1v) is 12.2. The molecule has 1 amide bonds. The summed E-state index contributed by atoms with van der Waals surface area (Å²) in [5.74, 6) is -0.359. The molecule has 36 heavy (non-hydrogen) atoms. The molecule has 0 radical (unpaired) electrons. The Bertz CT molecular complexity index is 1100. The minimum atomic E-state index is -0.809. The van der Waals surface area contributed by atoms with Gasteiger partial charge in [0.05, 0.1) is 32.9 Å². The van der Waals surface area contributed by atoms with Crippen LogP contribution in [0.15, 0.2) is 42.0 Å². The average Bonchev–Trinajstić information content (AvgIpc) is 3.15. The maximum atomic E-state index is 13.3. The van der Waals surface area contributed by atoms with E-state index in [2.05, 4.69) is 18.7 Å². The minimum absolute atomic E-state index is 0.0426. The van der Waals surface area contributed by atoms with Crippen molar-refractivity contribution in [3.63, 3.8) is 0 Å². The van der Waals surface area contributed by atoms with Crippen LogP contribution in [-0.2, 0) is 9.59 Å². The number of ether oxygens (including phenoxy) is 3. The molecule has 2 aromatic carbocycles. The van der Waals surface area contributed by atoms with Crippen molar-refractivity contribution in [2.75, 3.05) is 47.5 Å². The fourth-order valence-electron chi connectivity index (χ4n) is 4.59. The van der Waals surface area contributed by atoms with Gasteiger partial charge >= 0.3 is 0 Å². The summed E-state index contributed by atoms with van der Waals surface area (Å²) in [6, 6.07) is 9.81. The van der Waals surface area contributed by atoms with E-state index in [0.29, 0.717) is 41.3 Å². The van der Waals surface area contributed by atoms with Gasteiger partial charge in [0.1, 0.15) is 5.76 Å². The highest BCUT2D eigenvalue weighted by Gasteiger charge is 2.46. The zero-order valence-corrected chi connectivity index (χ0v) is 22.0. The van der Waals surface area contributed by atoms with Crippen LogP contribution in [0.1, 0.15) is 43.0 Å². The third-order valence-electron chi connectivity index (χ3n) is 6.64. The van der Waals surface area contributed by atoms with Crippen LogP contribution in [0.2, 0.25) is 0 Å². The van der Waals surface area contributed by atoms with E-state index < -0.39 is 17.7 Å². The summed E-state index contributed by atoms with van der Waals surface area (Å²) in [6.45, 7) is 9.07. The van der Waals surface area contributed by atoms with Crippen molar-refractivity contribution < 1.29 is 28.9 Å². The van der Waals surface area contributed by atoms with E-state index in [-0.39, 0.29) is 11.3 Å². The maximum absolute atomic E-state index is 13.3. The molecule has 0 bridgehead atoms. The Balaban J connectivity index is 2.16.